The third-order valence-electron chi connectivity index (χ3n) is 2.65. The summed E-state index contributed by atoms with van der Waals surface area (Å²) in [6, 6.07) is 3.40. The van der Waals surface area contributed by atoms with Crippen LogP contribution in [0.25, 0.3) is 0 Å². The van der Waals surface area contributed by atoms with Crippen LogP contribution in [0.4, 0.5) is 0 Å². The Morgan fingerprint density at radius 2 is 1.56 bits per heavy atom. The zero-order valence-corrected chi connectivity index (χ0v) is 11.2. The molecule has 0 bridgehead atoms. The summed E-state index contributed by atoms with van der Waals surface area (Å²) in [5.74, 6) is -0.820. The molecular weight excluding hydrogens is 232 g/mol. The van der Waals surface area contributed by atoms with Crippen LogP contribution in [0.5, 0.6) is 0 Å². The molecular formula is C14H18O4. The van der Waals surface area contributed by atoms with Gasteiger partial charge >= 0.3 is 11.9 Å². The summed E-state index contributed by atoms with van der Waals surface area (Å²) in [4.78, 5) is 23.6. The summed E-state index contributed by atoms with van der Waals surface area (Å²) in [6.45, 7) is 7.65. The minimum atomic E-state index is -0.416. The molecule has 98 valence electrons. The van der Waals surface area contributed by atoms with Gasteiger partial charge in [-0.15, -0.1) is 0 Å². The molecule has 0 amide bonds. The van der Waals surface area contributed by atoms with Crippen LogP contribution >= 0.6 is 0 Å². The molecule has 0 aromatic heterocycles. The van der Waals surface area contributed by atoms with Crippen molar-refractivity contribution in [3.05, 3.63) is 34.4 Å². The monoisotopic (exact) mass is 250 g/mol. The van der Waals surface area contributed by atoms with E-state index in [1.807, 2.05) is 6.92 Å². The van der Waals surface area contributed by atoms with Crippen LogP contribution in [-0.2, 0) is 9.47 Å². The van der Waals surface area contributed by atoms with Crippen molar-refractivity contribution in [3.8, 4) is 0 Å². The van der Waals surface area contributed by atoms with Crippen molar-refractivity contribution in [2.45, 2.75) is 27.7 Å². The molecule has 18 heavy (non-hydrogen) atoms. The van der Waals surface area contributed by atoms with E-state index in [0.717, 1.165) is 5.56 Å². The Morgan fingerprint density at radius 1 is 1.00 bits per heavy atom. The fourth-order valence-corrected chi connectivity index (χ4v) is 1.79. The van der Waals surface area contributed by atoms with E-state index in [-0.39, 0.29) is 0 Å². The summed E-state index contributed by atoms with van der Waals surface area (Å²) in [7, 11) is 0. The fraction of sp³-hybridized carbons (Fsp3) is 0.429. The average molecular weight is 250 g/mol. The lowest BCUT2D eigenvalue weighted by atomic mass is 9.97. The van der Waals surface area contributed by atoms with Gasteiger partial charge in [0.05, 0.1) is 24.3 Å². The van der Waals surface area contributed by atoms with Crippen LogP contribution in [0.15, 0.2) is 12.1 Å². The summed E-state index contributed by atoms with van der Waals surface area (Å²) in [6.07, 6.45) is 0. The van der Waals surface area contributed by atoms with E-state index in [1.165, 1.54) is 0 Å². The number of hydrogen-bond donors (Lipinski definition) is 0. The average Bonchev–Trinajstić information content (AvgIpc) is 2.29. The lowest BCUT2D eigenvalue weighted by molar-refractivity contribution is 0.0523. The highest BCUT2D eigenvalue weighted by Gasteiger charge is 2.19. The van der Waals surface area contributed by atoms with Crippen molar-refractivity contribution in [2.24, 2.45) is 0 Å². The van der Waals surface area contributed by atoms with E-state index in [2.05, 4.69) is 0 Å². The third-order valence-corrected chi connectivity index (χ3v) is 2.65. The Labute approximate surface area is 107 Å². The predicted molar refractivity (Wildman–Crippen MR) is 67.8 cm³/mol. The van der Waals surface area contributed by atoms with Crippen molar-refractivity contribution in [1.29, 1.82) is 0 Å². The summed E-state index contributed by atoms with van der Waals surface area (Å²) in [5.41, 5.74) is 2.25. The second kappa shape index (κ2) is 6.19. The van der Waals surface area contributed by atoms with Crippen molar-refractivity contribution in [3.63, 3.8) is 0 Å². The standard InChI is InChI=1S/C14H18O4/c1-5-17-13(15)11-8-7-9(3)12(10(11)4)14(16)18-6-2/h7-8H,5-6H2,1-4H3. The summed E-state index contributed by atoms with van der Waals surface area (Å²) < 4.78 is 9.95. The Morgan fingerprint density at radius 3 is 2.11 bits per heavy atom. The van der Waals surface area contributed by atoms with Gasteiger partial charge in [-0.2, -0.15) is 0 Å². The van der Waals surface area contributed by atoms with Gasteiger partial charge in [0.25, 0.3) is 0 Å². The molecule has 0 atom stereocenters. The number of hydrogen-bond acceptors (Lipinski definition) is 4. The molecule has 1 aromatic rings. The van der Waals surface area contributed by atoms with Crippen LogP contribution in [0.1, 0.15) is 45.7 Å². The normalized spacial score (nSPS) is 10.0. The molecule has 0 fully saturated rings. The number of aryl methyl sites for hydroxylation is 1. The highest BCUT2D eigenvalue weighted by atomic mass is 16.5. The topological polar surface area (TPSA) is 52.6 Å². The quantitative estimate of drug-likeness (QED) is 0.771. The van der Waals surface area contributed by atoms with Crippen molar-refractivity contribution in [1.82, 2.24) is 0 Å². The van der Waals surface area contributed by atoms with E-state index >= 15 is 0 Å². The van der Waals surface area contributed by atoms with Gasteiger partial charge in [-0.1, -0.05) is 6.07 Å². The van der Waals surface area contributed by atoms with E-state index in [9.17, 15) is 9.59 Å². The molecule has 1 rings (SSSR count). The molecule has 0 N–H and O–H groups in total. The second-order valence-electron chi connectivity index (χ2n) is 3.87. The first-order valence-corrected chi connectivity index (χ1v) is 5.97. The summed E-state index contributed by atoms with van der Waals surface area (Å²) in [5, 5.41) is 0. The van der Waals surface area contributed by atoms with Gasteiger partial charge in [-0.3, -0.25) is 0 Å². The summed E-state index contributed by atoms with van der Waals surface area (Å²) >= 11 is 0. The smallest absolute Gasteiger partial charge is 0.338 e. The van der Waals surface area contributed by atoms with Crippen LogP contribution < -0.4 is 0 Å². The zero-order valence-electron chi connectivity index (χ0n) is 11.2. The largest absolute Gasteiger partial charge is 0.462 e. The maximum atomic E-state index is 11.8. The molecule has 0 saturated carbocycles. The number of rotatable bonds is 4. The molecule has 1 aromatic carbocycles. The second-order valence-corrected chi connectivity index (χ2v) is 3.87. The highest BCUT2D eigenvalue weighted by Crippen LogP contribution is 2.20. The van der Waals surface area contributed by atoms with E-state index in [1.54, 1.807) is 32.9 Å². The maximum Gasteiger partial charge on any atom is 0.338 e. The molecule has 0 unspecified atom stereocenters. The minimum Gasteiger partial charge on any atom is -0.462 e. The van der Waals surface area contributed by atoms with Gasteiger partial charge in [0, 0.05) is 0 Å². The van der Waals surface area contributed by atoms with Crippen LogP contribution in [0.2, 0.25) is 0 Å². The molecule has 0 heterocycles. The number of carbonyl (C=O) groups excluding carboxylic acids is 2. The Kier molecular flexibility index (Phi) is 4.89. The maximum absolute atomic E-state index is 11.8. The fourth-order valence-electron chi connectivity index (χ4n) is 1.79. The molecule has 0 spiro atoms. The Hall–Kier alpha value is -1.84. The molecule has 0 radical (unpaired) electrons. The molecule has 4 heteroatoms. The van der Waals surface area contributed by atoms with Crippen LogP contribution in [0.3, 0.4) is 0 Å². The Bertz CT molecular complexity index is 463. The van der Waals surface area contributed by atoms with Gasteiger partial charge in [-0.25, -0.2) is 9.59 Å². The van der Waals surface area contributed by atoms with Gasteiger partial charge in [0.1, 0.15) is 0 Å². The lowest BCUT2D eigenvalue weighted by Gasteiger charge is -2.12. The number of benzene rings is 1. The predicted octanol–water partition coefficient (Wildman–Crippen LogP) is 2.66. The lowest BCUT2D eigenvalue weighted by Crippen LogP contribution is -2.14. The van der Waals surface area contributed by atoms with Gasteiger partial charge in [0.2, 0.25) is 0 Å². The van der Waals surface area contributed by atoms with Crippen LogP contribution in [-0.4, -0.2) is 25.2 Å². The minimum absolute atomic E-state index is 0.306. The Balaban J connectivity index is 3.22. The number of esters is 2. The first kappa shape index (κ1) is 14.2. The van der Waals surface area contributed by atoms with Gasteiger partial charge in [-0.05, 0) is 44.9 Å². The van der Waals surface area contributed by atoms with E-state index in [0.29, 0.717) is 29.9 Å². The van der Waals surface area contributed by atoms with E-state index < -0.39 is 11.9 Å². The van der Waals surface area contributed by atoms with Gasteiger partial charge < -0.3 is 9.47 Å². The zero-order chi connectivity index (χ0) is 13.7. The van der Waals surface area contributed by atoms with Crippen LogP contribution in [0, 0.1) is 13.8 Å². The number of ether oxygens (including phenoxy) is 2. The highest BCUT2D eigenvalue weighted by molar-refractivity contribution is 5.99. The van der Waals surface area contributed by atoms with Crippen molar-refractivity contribution in [2.75, 3.05) is 13.2 Å². The molecule has 4 nitrogen and oxygen atoms in total. The van der Waals surface area contributed by atoms with Gasteiger partial charge in [0.15, 0.2) is 0 Å². The molecule has 0 aliphatic carbocycles. The van der Waals surface area contributed by atoms with Crippen molar-refractivity contribution >= 4 is 11.9 Å². The van der Waals surface area contributed by atoms with Crippen molar-refractivity contribution < 1.29 is 19.1 Å². The van der Waals surface area contributed by atoms with E-state index in [4.69, 9.17) is 9.47 Å². The molecule has 0 aliphatic heterocycles. The SMILES string of the molecule is CCOC(=O)c1ccc(C)c(C(=O)OCC)c1C. The number of carbonyl (C=O) groups is 2. The molecule has 0 aliphatic rings. The first-order chi connectivity index (χ1) is 8.52. The third kappa shape index (κ3) is 2.88. The molecule has 0 saturated heterocycles. The first-order valence-electron chi connectivity index (χ1n) is 5.97.